The van der Waals surface area contributed by atoms with Gasteiger partial charge in [-0.25, -0.2) is 0 Å². The number of nitrogens with zero attached hydrogens (tertiary/aromatic N) is 4. The fourth-order valence-corrected chi connectivity index (χ4v) is 4.28. The van der Waals surface area contributed by atoms with Crippen molar-refractivity contribution >= 4 is 16.9 Å². The molecule has 128 valence electrons. The van der Waals surface area contributed by atoms with E-state index in [-0.39, 0.29) is 5.75 Å². The Labute approximate surface area is 144 Å². The Morgan fingerprint density at radius 1 is 1.12 bits per heavy atom. The third-order valence-corrected chi connectivity index (χ3v) is 5.45. The van der Waals surface area contributed by atoms with Crippen molar-refractivity contribution in [2.75, 3.05) is 5.73 Å². The largest absolute Gasteiger partial charge is 0.507 e. The first-order valence-corrected chi connectivity index (χ1v) is 8.75. The van der Waals surface area contributed by atoms with E-state index in [9.17, 15) is 5.11 Å². The number of phenols is 1. The lowest BCUT2D eigenvalue weighted by Gasteiger charge is -2.29. The highest BCUT2D eigenvalue weighted by molar-refractivity contribution is 5.87. The number of fused-ring (bicyclic) bond motifs is 3. The highest BCUT2D eigenvalue weighted by atomic mass is 16.3. The van der Waals surface area contributed by atoms with Gasteiger partial charge in [-0.05, 0) is 43.9 Å². The second-order valence-corrected chi connectivity index (χ2v) is 7.07. The minimum absolute atomic E-state index is 0.190. The van der Waals surface area contributed by atoms with E-state index in [2.05, 4.69) is 20.6 Å². The molecule has 2 aromatic heterocycles. The minimum Gasteiger partial charge on any atom is -0.507 e. The SMILES string of the molecule is Nc1nn(C2CC3CCC(C2)N3)c2cc(-c3ccccc3O)nnc12. The molecule has 0 radical (unpaired) electrons. The maximum absolute atomic E-state index is 10.1. The fourth-order valence-electron chi connectivity index (χ4n) is 4.28. The molecule has 1 aromatic carbocycles. The predicted octanol–water partition coefficient (Wildman–Crippen LogP) is 2.24. The topological polar surface area (TPSA) is 102 Å². The normalized spacial score (nSPS) is 25.5. The molecule has 2 bridgehead atoms. The van der Waals surface area contributed by atoms with E-state index in [0.717, 1.165) is 18.4 Å². The number of rotatable bonds is 2. The van der Waals surface area contributed by atoms with Crippen molar-refractivity contribution < 1.29 is 5.11 Å². The van der Waals surface area contributed by atoms with Crippen molar-refractivity contribution in [2.45, 2.75) is 43.8 Å². The Hall–Kier alpha value is -2.67. The number of hydrogen-bond acceptors (Lipinski definition) is 6. The summed E-state index contributed by atoms with van der Waals surface area (Å²) in [5, 5.41) is 26.9. The maximum Gasteiger partial charge on any atom is 0.174 e. The van der Waals surface area contributed by atoms with Crippen LogP contribution in [0.4, 0.5) is 5.82 Å². The molecule has 4 heterocycles. The monoisotopic (exact) mass is 336 g/mol. The van der Waals surface area contributed by atoms with Gasteiger partial charge < -0.3 is 16.2 Å². The van der Waals surface area contributed by atoms with Crippen molar-refractivity contribution in [1.82, 2.24) is 25.3 Å². The average Bonchev–Trinajstić information content (AvgIpc) is 3.14. The smallest absolute Gasteiger partial charge is 0.174 e. The second kappa shape index (κ2) is 5.42. The van der Waals surface area contributed by atoms with Gasteiger partial charge in [0.25, 0.3) is 0 Å². The number of nitrogens with one attached hydrogen (secondary N) is 1. The summed E-state index contributed by atoms with van der Waals surface area (Å²) in [5.41, 5.74) is 8.89. The standard InChI is InChI=1S/C18H20N6O/c19-18-17-15(9-14(21-22-17)13-3-1-2-4-16(13)25)24(23-18)12-7-10-5-6-11(8-12)20-10/h1-4,9-12,20,25H,5-8H2,(H2,19,23). The zero-order valence-corrected chi connectivity index (χ0v) is 13.8. The lowest BCUT2D eigenvalue weighted by atomic mass is 10.00. The average molecular weight is 336 g/mol. The van der Waals surface area contributed by atoms with Crippen molar-refractivity contribution in [3.8, 4) is 17.0 Å². The number of hydrogen-bond donors (Lipinski definition) is 3. The molecule has 4 N–H and O–H groups in total. The van der Waals surface area contributed by atoms with E-state index in [1.807, 2.05) is 22.9 Å². The van der Waals surface area contributed by atoms with Gasteiger partial charge in [-0.3, -0.25) is 4.68 Å². The van der Waals surface area contributed by atoms with Crippen molar-refractivity contribution in [3.05, 3.63) is 30.3 Å². The van der Waals surface area contributed by atoms with Crippen LogP contribution in [0.1, 0.15) is 31.7 Å². The molecule has 7 nitrogen and oxygen atoms in total. The minimum atomic E-state index is 0.190. The van der Waals surface area contributed by atoms with Gasteiger partial charge in [-0.2, -0.15) is 5.10 Å². The first-order chi connectivity index (χ1) is 12.2. The number of para-hydroxylation sites is 1. The number of nitrogen functional groups attached to an aromatic ring is 1. The molecule has 7 heteroatoms. The van der Waals surface area contributed by atoms with Crippen LogP contribution in [0.25, 0.3) is 22.3 Å². The van der Waals surface area contributed by atoms with Crippen molar-refractivity contribution in [2.24, 2.45) is 0 Å². The molecular weight excluding hydrogens is 316 g/mol. The van der Waals surface area contributed by atoms with E-state index < -0.39 is 0 Å². The number of anilines is 1. The number of nitrogens with two attached hydrogens (primary N) is 1. The summed E-state index contributed by atoms with van der Waals surface area (Å²) in [6, 6.07) is 10.5. The zero-order valence-electron chi connectivity index (χ0n) is 13.8. The summed E-state index contributed by atoms with van der Waals surface area (Å²) in [5.74, 6) is 0.604. The van der Waals surface area contributed by atoms with Crippen LogP contribution < -0.4 is 11.1 Å². The summed E-state index contributed by atoms with van der Waals surface area (Å²) < 4.78 is 2.02. The van der Waals surface area contributed by atoms with Crippen LogP contribution in [0.5, 0.6) is 5.75 Å². The molecule has 2 fully saturated rings. The molecule has 2 aliphatic heterocycles. The number of aromatic hydroxyl groups is 1. The van der Waals surface area contributed by atoms with Gasteiger partial charge in [-0.15, -0.1) is 10.2 Å². The highest BCUT2D eigenvalue weighted by Crippen LogP contribution is 2.37. The molecule has 3 aromatic rings. The molecule has 25 heavy (non-hydrogen) atoms. The van der Waals surface area contributed by atoms with E-state index >= 15 is 0 Å². The van der Waals surface area contributed by atoms with Gasteiger partial charge in [0, 0.05) is 17.6 Å². The molecule has 2 aliphatic rings. The zero-order chi connectivity index (χ0) is 17.0. The van der Waals surface area contributed by atoms with Gasteiger partial charge in [0.2, 0.25) is 0 Å². The number of phenolic OH excluding ortho intramolecular Hbond substituents is 1. The van der Waals surface area contributed by atoms with Gasteiger partial charge >= 0.3 is 0 Å². The molecule has 0 saturated carbocycles. The summed E-state index contributed by atoms with van der Waals surface area (Å²) in [7, 11) is 0. The van der Waals surface area contributed by atoms with Gasteiger partial charge in [0.15, 0.2) is 11.3 Å². The Bertz CT molecular complexity index is 940. The van der Waals surface area contributed by atoms with Gasteiger partial charge in [0.05, 0.1) is 17.3 Å². The van der Waals surface area contributed by atoms with Crippen LogP contribution >= 0.6 is 0 Å². The van der Waals surface area contributed by atoms with Crippen LogP contribution in [0.15, 0.2) is 30.3 Å². The van der Waals surface area contributed by atoms with Gasteiger partial charge in [-0.1, -0.05) is 12.1 Å². The maximum atomic E-state index is 10.1. The van der Waals surface area contributed by atoms with E-state index in [0.29, 0.717) is 40.7 Å². The Morgan fingerprint density at radius 2 is 1.88 bits per heavy atom. The molecule has 2 saturated heterocycles. The predicted molar refractivity (Wildman–Crippen MR) is 95.1 cm³/mol. The van der Waals surface area contributed by atoms with Crippen LogP contribution in [0.3, 0.4) is 0 Å². The number of piperidine rings is 1. The first kappa shape index (κ1) is 14.7. The Balaban J connectivity index is 1.62. The summed E-state index contributed by atoms with van der Waals surface area (Å²) >= 11 is 0. The lowest BCUT2D eigenvalue weighted by molar-refractivity contribution is 0.288. The summed E-state index contributed by atoms with van der Waals surface area (Å²) in [6.07, 6.45) is 4.58. The molecule has 2 atom stereocenters. The highest BCUT2D eigenvalue weighted by Gasteiger charge is 2.35. The molecular formula is C18H20N6O. The van der Waals surface area contributed by atoms with Gasteiger partial charge in [0.1, 0.15) is 5.75 Å². The van der Waals surface area contributed by atoms with E-state index in [1.165, 1.54) is 12.8 Å². The second-order valence-electron chi connectivity index (χ2n) is 7.07. The van der Waals surface area contributed by atoms with Crippen molar-refractivity contribution in [1.29, 1.82) is 0 Å². The Kier molecular flexibility index (Phi) is 3.18. The summed E-state index contributed by atoms with van der Waals surface area (Å²) in [4.78, 5) is 0. The van der Waals surface area contributed by atoms with Crippen LogP contribution in [0, 0.1) is 0 Å². The third-order valence-electron chi connectivity index (χ3n) is 5.45. The number of benzene rings is 1. The van der Waals surface area contributed by atoms with Crippen LogP contribution in [-0.4, -0.2) is 37.2 Å². The lowest BCUT2D eigenvalue weighted by Crippen LogP contribution is -2.39. The Morgan fingerprint density at radius 3 is 2.64 bits per heavy atom. The van der Waals surface area contributed by atoms with E-state index in [4.69, 9.17) is 5.73 Å². The summed E-state index contributed by atoms with van der Waals surface area (Å²) in [6.45, 7) is 0. The molecule has 0 amide bonds. The molecule has 2 unspecified atom stereocenters. The van der Waals surface area contributed by atoms with E-state index in [1.54, 1.807) is 12.1 Å². The number of aromatic nitrogens is 4. The fraction of sp³-hybridized carbons (Fsp3) is 0.389. The quantitative estimate of drug-likeness (QED) is 0.663. The molecule has 0 aliphatic carbocycles. The third kappa shape index (κ3) is 2.34. The molecule has 5 rings (SSSR count). The first-order valence-electron chi connectivity index (χ1n) is 8.75. The molecule has 0 spiro atoms. The van der Waals surface area contributed by atoms with Crippen molar-refractivity contribution in [3.63, 3.8) is 0 Å². The van der Waals surface area contributed by atoms with Crippen LogP contribution in [-0.2, 0) is 0 Å². The van der Waals surface area contributed by atoms with Crippen LogP contribution in [0.2, 0.25) is 0 Å².